The van der Waals surface area contributed by atoms with Gasteiger partial charge in [-0.2, -0.15) is 5.10 Å². The highest BCUT2D eigenvalue weighted by Crippen LogP contribution is 2.22. The molecule has 3 aromatic rings. The quantitative estimate of drug-likeness (QED) is 0.235. The van der Waals surface area contributed by atoms with Crippen molar-refractivity contribution < 1.29 is 23.5 Å². The number of hydrogen-bond acceptors (Lipinski definition) is 5. The Bertz CT molecular complexity index is 1280. The third kappa shape index (κ3) is 7.75. The van der Waals surface area contributed by atoms with E-state index in [-0.39, 0.29) is 18.2 Å². The normalized spacial score (nSPS) is 10.6. The molecule has 3 N–H and O–H groups in total. The Balaban J connectivity index is 1.58. The van der Waals surface area contributed by atoms with Crippen LogP contribution >= 0.6 is 15.9 Å². The zero-order valence-electron chi connectivity index (χ0n) is 18.9. The summed E-state index contributed by atoms with van der Waals surface area (Å²) in [7, 11) is 0. The fourth-order valence-electron chi connectivity index (χ4n) is 2.88. The van der Waals surface area contributed by atoms with Crippen molar-refractivity contribution >= 4 is 51.2 Å². The first-order chi connectivity index (χ1) is 16.7. The predicted molar refractivity (Wildman–Crippen MR) is 135 cm³/mol. The second-order valence-electron chi connectivity index (χ2n) is 7.50. The largest absolute Gasteiger partial charge is 0.483 e. The molecular formula is C25H22BrFN4O4. The molecule has 3 aromatic carbocycles. The van der Waals surface area contributed by atoms with Gasteiger partial charge < -0.3 is 15.4 Å². The van der Waals surface area contributed by atoms with Crippen LogP contribution in [0.25, 0.3) is 0 Å². The lowest BCUT2D eigenvalue weighted by molar-refractivity contribution is -0.136. The van der Waals surface area contributed by atoms with Gasteiger partial charge in [-0.15, -0.1) is 0 Å². The molecule has 0 atom stereocenters. The molecule has 0 saturated heterocycles. The molecule has 10 heteroatoms. The number of nitrogens with one attached hydrogen (secondary N) is 3. The molecule has 8 nitrogen and oxygen atoms in total. The monoisotopic (exact) mass is 540 g/mol. The molecule has 0 aliphatic heterocycles. The van der Waals surface area contributed by atoms with Crippen LogP contribution in [0.3, 0.4) is 0 Å². The van der Waals surface area contributed by atoms with Crippen molar-refractivity contribution in [1.29, 1.82) is 0 Å². The maximum absolute atomic E-state index is 13.0. The van der Waals surface area contributed by atoms with E-state index in [9.17, 15) is 18.8 Å². The average Bonchev–Trinajstić information content (AvgIpc) is 2.82. The highest BCUT2D eigenvalue weighted by Gasteiger charge is 2.13. The number of rotatable bonds is 7. The van der Waals surface area contributed by atoms with Crippen LogP contribution in [0, 0.1) is 19.7 Å². The van der Waals surface area contributed by atoms with Gasteiger partial charge in [0.25, 0.3) is 5.91 Å². The molecule has 180 valence electrons. The van der Waals surface area contributed by atoms with Gasteiger partial charge in [0.05, 0.1) is 6.21 Å². The number of amides is 3. The van der Waals surface area contributed by atoms with Crippen molar-refractivity contribution in [3.8, 4) is 5.75 Å². The lowest BCUT2D eigenvalue weighted by Gasteiger charge is -2.12. The summed E-state index contributed by atoms with van der Waals surface area (Å²) < 4.78 is 19.3. The minimum atomic E-state index is -1.02. The van der Waals surface area contributed by atoms with E-state index in [4.69, 9.17) is 4.74 Å². The summed E-state index contributed by atoms with van der Waals surface area (Å²) >= 11 is 3.35. The molecule has 0 saturated carbocycles. The number of anilines is 2. The lowest BCUT2D eigenvalue weighted by Crippen LogP contribution is -2.32. The third-order valence-corrected chi connectivity index (χ3v) is 5.17. The van der Waals surface area contributed by atoms with Gasteiger partial charge in [0.1, 0.15) is 11.6 Å². The van der Waals surface area contributed by atoms with Crippen LogP contribution in [0.5, 0.6) is 5.75 Å². The van der Waals surface area contributed by atoms with Crippen molar-refractivity contribution in [2.24, 2.45) is 5.10 Å². The second-order valence-corrected chi connectivity index (χ2v) is 8.41. The number of carbonyl (C=O) groups excluding carboxylic acids is 3. The number of hydrogen-bond donors (Lipinski definition) is 3. The molecule has 0 heterocycles. The van der Waals surface area contributed by atoms with Crippen LogP contribution in [0.4, 0.5) is 15.8 Å². The lowest BCUT2D eigenvalue weighted by atomic mass is 10.1. The van der Waals surface area contributed by atoms with Crippen LogP contribution in [0.1, 0.15) is 16.7 Å². The first-order valence-corrected chi connectivity index (χ1v) is 11.2. The topological polar surface area (TPSA) is 109 Å². The van der Waals surface area contributed by atoms with E-state index in [0.29, 0.717) is 21.5 Å². The van der Waals surface area contributed by atoms with Crippen LogP contribution in [0.15, 0.2) is 70.2 Å². The van der Waals surface area contributed by atoms with Gasteiger partial charge in [0.15, 0.2) is 6.61 Å². The Morgan fingerprint density at radius 3 is 2.46 bits per heavy atom. The number of carbonyl (C=O) groups is 3. The van der Waals surface area contributed by atoms with Gasteiger partial charge in [-0.05, 0) is 73.5 Å². The molecule has 0 radical (unpaired) electrons. The van der Waals surface area contributed by atoms with Gasteiger partial charge in [0.2, 0.25) is 0 Å². The van der Waals surface area contributed by atoms with E-state index in [1.54, 1.807) is 18.2 Å². The Hall–Kier alpha value is -4.05. The number of aryl methyl sites for hydroxylation is 2. The Morgan fingerprint density at radius 1 is 0.971 bits per heavy atom. The smallest absolute Gasteiger partial charge is 0.329 e. The summed E-state index contributed by atoms with van der Waals surface area (Å²) in [5, 5.41) is 8.94. The van der Waals surface area contributed by atoms with Gasteiger partial charge in [-0.3, -0.25) is 14.4 Å². The molecule has 0 spiro atoms. The molecule has 0 bridgehead atoms. The van der Waals surface area contributed by atoms with E-state index in [2.05, 4.69) is 37.1 Å². The minimum absolute atomic E-state index is 0.248. The highest BCUT2D eigenvalue weighted by atomic mass is 79.9. The summed E-state index contributed by atoms with van der Waals surface area (Å²) in [4.78, 5) is 36.3. The summed E-state index contributed by atoms with van der Waals surface area (Å²) in [5.41, 5.74) is 5.49. The van der Waals surface area contributed by atoms with Gasteiger partial charge >= 0.3 is 11.8 Å². The zero-order valence-corrected chi connectivity index (χ0v) is 20.5. The number of nitrogens with zero attached hydrogens (tertiary/aromatic N) is 1. The Kier molecular flexibility index (Phi) is 8.69. The zero-order chi connectivity index (χ0) is 25.4. The summed E-state index contributed by atoms with van der Waals surface area (Å²) in [6.07, 6.45) is 1.28. The predicted octanol–water partition coefficient (Wildman–Crippen LogP) is 4.31. The number of halogens is 2. The van der Waals surface area contributed by atoms with Crippen LogP contribution in [-0.4, -0.2) is 30.5 Å². The summed E-state index contributed by atoms with van der Waals surface area (Å²) in [5.74, 6) is -2.45. The van der Waals surface area contributed by atoms with Crippen LogP contribution in [-0.2, 0) is 14.4 Å². The molecule has 3 amide bonds. The molecule has 0 aromatic heterocycles. The van der Waals surface area contributed by atoms with Gasteiger partial charge in [0, 0.05) is 21.4 Å². The molecule has 0 unspecified atom stereocenters. The maximum atomic E-state index is 13.0. The molecule has 0 aliphatic carbocycles. The summed E-state index contributed by atoms with van der Waals surface area (Å²) in [6.45, 7) is 3.58. The van der Waals surface area contributed by atoms with Crippen molar-refractivity contribution in [2.75, 3.05) is 17.2 Å². The third-order valence-electron chi connectivity index (χ3n) is 4.68. The maximum Gasteiger partial charge on any atom is 0.329 e. The van der Waals surface area contributed by atoms with E-state index >= 15 is 0 Å². The number of benzene rings is 3. The van der Waals surface area contributed by atoms with Crippen LogP contribution < -0.4 is 20.8 Å². The molecule has 0 aliphatic rings. The minimum Gasteiger partial charge on any atom is -0.483 e. The van der Waals surface area contributed by atoms with E-state index < -0.39 is 17.6 Å². The van der Waals surface area contributed by atoms with Crippen molar-refractivity contribution in [3.05, 3.63) is 87.6 Å². The molecule has 0 fully saturated rings. The molecule has 3 rings (SSSR count). The first-order valence-electron chi connectivity index (χ1n) is 10.4. The Morgan fingerprint density at radius 2 is 1.71 bits per heavy atom. The first kappa shape index (κ1) is 25.6. The number of ether oxygens (including phenoxy) is 1. The van der Waals surface area contributed by atoms with Crippen molar-refractivity contribution in [2.45, 2.75) is 13.8 Å². The van der Waals surface area contributed by atoms with Crippen molar-refractivity contribution in [3.63, 3.8) is 0 Å². The van der Waals surface area contributed by atoms with Gasteiger partial charge in [-0.1, -0.05) is 28.1 Å². The fraction of sp³-hybridized carbons (Fsp3) is 0.120. The van der Waals surface area contributed by atoms with Crippen molar-refractivity contribution in [1.82, 2.24) is 5.43 Å². The molecule has 35 heavy (non-hydrogen) atoms. The van der Waals surface area contributed by atoms with Crippen LogP contribution in [0.2, 0.25) is 0 Å². The van der Waals surface area contributed by atoms with Gasteiger partial charge in [-0.25, -0.2) is 9.82 Å². The second kappa shape index (κ2) is 11.9. The standard InChI is InChI=1S/C25H22BrFN4O4/c1-15-3-4-16(2)21(11-15)30-23(32)14-35-22-10-5-18(26)12-17(22)13-28-31-25(34)24(33)29-20-8-6-19(27)7-9-20/h3-13H,14H2,1-2H3,(H,29,33)(H,30,32)(H,31,34)/b28-13-. The Labute approximate surface area is 209 Å². The fourth-order valence-corrected chi connectivity index (χ4v) is 3.26. The number of hydrazone groups is 1. The van der Waals surface area contributed by atoms with E-state index in [0.717, 1.165) is 23.3 Å². The average molecular weight is 541 g/mol. The van der Waals surface area contributed by atoms with E-state index in [1.165, 1.54) is 18.3 Å². The molecular weight excluding hydrogens is 519 g/mol. The highest BCUT2D eigenvalue weighted by molar-refractivity contribution is 9.10. The van der Waals surface area contributed by atoms with E-state index in [1.807, 2.05) is 32.0 Å². The summed E-state index contributed by atoms with van der Waals surface area (Å²) in [6, 6.07) is 15.8. The SMILES string of the molecule is Cc1ccc(C)c(NC(=O)COc2ccc(Br)cc2/C=N\NC(=O)C(=O)Nc2ccc(F)cc2)c1.